The molecular formula is C26H27FN2O. The quantitative estimate of drug-likeness (QED) is 0.320. The van der Waals surface area contributed by atoms with Crippen molar-refractivity contribution >= 4 is 11.0 Å². The van der Waals surface area contributed by atoms with E-state index in [1.807, 2.05) is 18.2 Å². The van der Waals surface area contributed by atoms with Gasteiger partial charge in [-0.3, -0.25) is 0 Å². The van der Waals surface area contributed by atoms with Crippen LogP contribution in [0.25, 0.3) is 22.4 Å². The number of hydrogen-bond donors (Lipinski definition) is 0. The Morgan fingerprint density at radius 3 is 2.53 bits per heavy atom. The van der Waals surface area contributed by atoms with Crippen molar-refractivity contribution in [3.05, 3.63) is 83.7 Å². The third kappa shape index (κ3) is 4.23. The maximum atomic E-state index is 13.4. The Morgan fingerprint density at radius 2 is 1.77 bits per heavy atom. The van der Waals surface area contributed by atoms with E-state index in [4.69, 9.17) is 9.72 Å². The molecule has 0 bridgehead atoms. The van der Waals surface area contributed by atoms with Crippen molar-refractivity contribution in [2.45, 2.75) is 39.7 Å². The summed E-state index contributed by atoms with van der Waals surface area (Å²) in [4.78, 5) is 4.80. The van der Waals surface area contributed by atoms with Crippen molar-refractivity contribution in [3.63, 3.8) is 0 Å². The van der Waals surface area contributed by atoms with Gasteiger partial charge in [0.15, 0.2) is 0 Å². The van der Waals surface area contributed by atoms with Crippen LogP contribution in [-0.4, -0.2) is 16.2 Å². The predicted octanol–water partition coefficient (Wildman–Crippen LogP) is 6.74. The first-order valence-corrected chi connectivity index (χ1v) is 10.5. The second-order valence-corrected chi connectivity index (χ2v) is 7.98. The number of rotatable bonds is 7. The van der Waals surface area contributed by atoms with Crippen LogP contribution in [0.2, 0.25) is 0 Å². The van der Waals surface area contributed by atoms with E-state index in [1.165, 1.54) is 23.3 Å². The first-order chi connectivity index (χ1) is 14.5. The lowest BCUT2D eigenvalue weighted by Gasteiger charge is -2.15. The summed E-state index contributed by atoms with van der Waals surface area (Å²) in [5, 5.41) is 0. The molecule has 0 spiro atoms. The van der Waals surface area contributed by atoms with Crippen molar-refractivity contribution in [2.75, 3.05) is 6.61 Å². The molecule has 30 heavy (non-hydrogen) atoms. The molecule has 4 aromatic rings. The molecule has 0 N–H and O–H groups in total. The number of hydrogen-bond acceptors (Lipinski definition) is 2. The van der Waals surface area contributed by atoms with Crippen molar-refractivity contribution in [1.29, 1.82) is 0 Å². The summed E-state index contributed by atoms with van der Waals surface area (Å²) in [7, 11) is 0. The van der Waals surface area contributed by atoms with Gasteiger partial charge in [-0.1, -0.05) is 38.1 Å². The van der Waals surface area contributed by atoms with Crippen LogP contribution in [-0.2, 0) is 6.54 Å². The Labute approximate surface area is 177 Å². The highest BCUT2D eigenvalue weighted by atomic mass is 19.1. The molecular weight excluding hydrogens is 375 g/mol. The van der Waals surface area contributed by atoms with Gasteiger partial charge in [0, 0.05) is 12.1 Å². The van der Waals surface area contributed by atoms with Gasteiger partial charge in [-0.15, -0.1) is 0 Å². The highest BCUT2D eigenvalue weighted by Crippen LogP contribution is 2.28. The SMILES string of the molecule is Cc1ccc(C(C)C)c(OCCCn2c(-c3ccc(F)cc3)nc3ccccc32)c1. The normalized spacial score (nSPS) is 11.4. The van der Waals surface area contributed by atoms with E-state index in [0.29, 0.717) is 12.5 Å². The minimum absolute atomic E-state index is 0.242. The molecule has 0 saturated heterocycles. The molecule has 3 nitrogen and oxygen atoms in total. The second kappa shape index (κ2) is 8.70. The van der Waals surface area contributed by atoms with Gasteiger partial charge < -0.3 is 9.30 Å². The molecule has 0 aliphatic heterocycles. The van der Waals surface area contributed by atoms with E-state index < -0.39 is 0 Å². The van der Waals surface area contributed by atoms with Gasteiger partial charge in [-0.2, -0.15) is 0 Å². The van der Waals surface area contributed by atoms with E-state index in [9.17, 15) is 4.39 Å². The topological polar surface area (TPSA) is 27.1 Å². The van der Waals surface area contributed by atoms with Gasteiger partial charge >= 0.3 is 0 Å². The molecule has 0 radical (unpaired) electrons. The predicted molar refractivity (Wildman–Crippen MR) is 121 cm³/mol. The van der Waals surface area contributed by atoms with Crippen LogP contribution in [0.1, 0.15) is 37.3 Å². The Morgan fingerprint density at radius 1 is 1.00 bits per heavy atom. The van der Waals surface area contributed by atoms with E-state index in [2.05, 4.69) is 49.6 Å². The standard InChI is InChI=1S/C26H27FN2O/c1-18(2)22-14-9-19(3)17-25(22)30-16-6-15-29-24-8-5-4-7-23(24)28-26(29)20-10-12-21(27)13-11-20/h4-5,7-14,17-18H,6,15-16H2,1-3H3. The molecule has 0 amide bonds. The van der Waals surface area contributed by atoms with E-state index >= 15 is 0 Å². The molecule has 3 aromatic carbocycles. The maximum Gasteiger partial charge on any atom is 0.141 e. The van der Waals surface area contributed by atoms with Gasteiger partial charge in [0.2, 0.25) is 0 Å². The first-order valence-electron chi connectivity index (χ1n) is 10.5. The van der Waals surface area contributed by atoms with Crippen LogP contribution >= 0.6 is 0 Å². The summed E-state index contributed by atoms with van der Waals surface area (Å²) in [6, 6.07) is 21.0. The fourth-order valence-corrected chi connectivity index (χ4v) is 3.77. The first kappa shape index (κ1) is 20.1. The number of imidazole rings is 1. The fraction of sp³-hybridized carbons (Fsp3) is 0.269. The number of para-hydroxylation sites is 2. The molecule has 154 valence electrons. The monoisotopic (exact) mass is 402 g/mol. The lowest BCUT2D eigenvalue weighted by molar-refractivity contribution is 0.298. The van der Waals surface area contributed by atoms with E-state index in [0.717, 1.165) is 41.1 Å². The van der Waals surface area contributed by atoms with Gasteiger partial charge in [-0.25, -0.2) is 9.37 Å². The molecule has 4 rings (SSSR count). The van der Waals surface area contributed by atoms with Gasteiger partial charge in [0.1, 0.15) is 17.4 Å². The van der Waals surface area contributed by atoms with Crippen molar-refractivity contribution in [2.24, 2.45) is 0 Å². The van der Waals surface area contributed by atoms with E-state index in [-0.39, 0.29) is 5.82 Å². The lowest BCUT2D eigenvalue weighted by Crippen LogP contribution is -2.07. The van der Waals surface area contributed by atoms with Crippen molar-refractivity contribution in [3.8, 4) is 17.1 Å². The Balaban J connectivity index is 1.54. The van der Waals surface area contributed by atoms with Crippen LogP contribution < -0.4 is 4.74 Å². The lowest BCUT2D eigenvalue weighted by atomic mass is 10.0. The minimum atomic E-state index is -0.242. The van der Waals surface area contributed by atoms with E-state index in [1.54, 1.807) is 12.1 Å². The molecule has 0 aliphatic carbocycles. The number of aryl methyl sites for hydroxylation is 2. The number of fused-ring (bicyclic) bond motifs is 1. The summed E-state index contributed by atoms with van der Waals surface area (Å²) < 4.78 is 21.8. The zero-order valence-electron chi connectivity index (χ0n) is 17.7. The molecule has 0 aliphatic rings. The number of aromatic nitrogens is 2. The Bertz CT molecular complexity index is 1150. The van der Waals surface area contributed by atoms with Crippen molar-refractivity contribution in [1.82, 2.24) is 9.55 Å². The summed E-state index contributed by atoms with van der Waals surface area (Å²) in [6.45, 7) is 7.85. The Hall–Kier alpha value is -3.14. The average Bonchev–Trinajstić information content (AvgIpc) is 3.10. The highest BCUT2D eigenvalue weighted by Gasteiger charge is 2.13. The zero-order chi connectivity index (χ0) is 21.1. The van der Waals surface area contributed by atoms with Crippen LogP contribution in [0.15, 0.2) is 66.7 Å². The molecule has 0 unspecified atom stereocenters. The maximum absolute atomic E-state index is 13.4. The van der Waals surface area contributed by atoms with Crippen molar-refractivity contribution < 1.29 is 9.13 Å². The molecule has 4 heteroatoms. The third-order valence-electron chi connectivity index (χ3n) is 5.33. The third-order valence-corrected chi connectivity index (χ3v) is 5.33. The fourth-order valence-electron chi connectivity index (χ4n) is 3.77. The second-order valence-electron chi connectivity index (χ2n) is 7.98. The van der Waals surface area contributed by atoms with Gasteiger partial charge in [-0.05, 0) is 72.9 Å². The molecule has 1 aromatic heterocycles. The average molecular weight is 403 g/mol. The molecule has 0 saturated carbocycles. The summed E-state index contributed by atoms with van der Waals surface area (Å²) in [5.41, 5.74) is 5.37. The van der Waals surface area contributed by atoms with Gasteiger partial charge in [0.25, 0.3) is 0 Å². The zero-order valence-corrected chi connectivity index (χ0v) is 17.7. The summed E-state index contributed by atoms with van der Waals surface area (Å²) in [5.74, 6) is 2.01. The number of nitrogens with zero attached hydrogens (tertiary/aromatic N) is 2. The molecule has 1 heterocycles. The summed E-state index contributed by atoms with van der Waals surface area (Å²) in [6.07, 6.45) is 0.847. The van der Waals surface area contributed by atoms with Crippen LogP contribution in [0, 0.1) is 12.7 Å². The number of halogens is 1. The van der Waals surface area contributed by atoms with Crippen LogP contribution in [0.5, 0.6) is 5.75 Å². The number of benzene rings is 3. The molecule has 0 fully saturated rings. The Kier molecular flexibility index (Phi) is 5.84. The highest BCUT2D eigenvalue weighted by molar-refractivity contribution is 5.80. The summed E-state index contributed by atoms with van der Waals surface area (Å²) >= 11 is 0. The minimum Gasteiger partial charge on any atom is -0.493 e. The molecule has 0 atom stereocenters. The van der Waals surface area contributed by atoms with Crippen LogP contribution in [0.3, 0.4) is 0 Å². The largest absolute Gasteiger partial charge is 0.493 e. The smallest absolute Gasteiger partial charge is 0.141 e. The number of ether oxygens (including phenoxy) is 1. The van der Waals surface area contributed by atoms with Crippen LogP contribution in [0.4, 0.5) is 4.39 Å². The van der Waals surface area contributed by atoms with Gasteiger partial charge in [0.05, 0.1) is 17.6 Å².